The molecule has 114 valence electrons. The Kier molecular flexibility index (Phi) is 5.26. The van der Waals surface area contributed by atoms with Gasteiger partial charge in [0, 0.05) is 26.1 Å². The number of aliphatic carboxylic acids is 1. The third kappa shape index (κ3) is 4.69. The molecule has 1 heterocycles. The van der Waals surface area contributed by atoms with E-state index in [2.05, 4.69) is 12.2 Å². The molecule has 1 unspecified atom stereocenters. The molecule has 5 nitrogen and oxygen atoms in total. The molecule has 0 aromatic rings. The Morgan fingerprint density at radius 2 is 1.90 bits per heavy atom. The maximum Gasteiger partial charge on any atom is 0.317 e. The second-order valence-electron chi connectivity index (χ2n) is 6.36. The zero-order chi connectivity index (χ0) is 14.5. The molecule has 1 saturated heterocycles. The van der Waals surface area contributed by atoms with Crippen LogP contribution in [0.5, 0.6) is 0 Å². The average molecular weight is 282 g/mol. The molecule has 2 rings (SSSR count). The van der Waals surface area contributed by atoms with Crippen LogP contribution < -0.4 is 5.32 Å². The second kappa shape index (κ2) is 6.95. The lowest BCUT2D eigenvalue weighted by Crippen LogP contribution is -2.45. The van der Waals surface area contributed by atoms with E-state index in [4.69, 9.17) is 5.11 Å². The predicted octanol–water partition coefficient (Wildman–Crippen LogP) is 2.32. The number of nitrogens with zero attached hydrogens (tertiary/aromatic N) is 1. The van der Waals surface area contributed by atoms with Gasteiger partial charge in [-0.05, 0) is 49.9 Å². The molecule has 0 aromatic heterocycles. The number of likely N-dealkylation sites (tertiary alicyclic amines) is 1. The van der Waals surface area contributed by atoms with E-state index in [1.54, 1.807) is 0 Å². The SMILES string of the molecule is CC(CNC(=O)N1CCC(CCC(=O)O)CC1)C1CC1. The number of carboxylic acid groups (broad SMARTS) is 1. The lowest BCUT2D eigenvalue weighted by atomic mass is 9.92. The maximum absolute atomic E-state index is 12.0. The van der Waals surface area contributed by atoms with Crippen LogP contribution in [0.4, 0.5) is 4.79 Å². The molecule has 1 atom stereocenters. The lowest BCUT2D eigenvalue weighted by Gasteiger charge is -2.32. The van der Waals surface area contributed by atoms with Crippen LogP contribution in [0.1, 0.15) is 45.4 Å². The molecule has 0 aromatic carbocycles. The molecule has 1 aliphatic heterocycles. The highest BCUT2D eigenvalue weighted by molar-refractivity contribution is 5.74. The summed E-state index contributed by atoms with van der Waals surface area (Å²) in [4.78, 5) is 24.5. The van der Waals surface area contributed by atoms with Crippen LogP contribution in [0.3, 0.4) is 0 Å². The monoisotopic (exact) mass is 282 g/mol. The number of carbonyl (C=O) groups is 2. The van der Waals surface area contributed by atoms with Crippen molar-refractivity contribution >= 4 is 12.0 Å². The fourth-order valence-corrected chi connectivity index (χ4v) is 2.94. The summed E-state index contributed by atoms with van der Waals surface area (Å²) in [6.45, 7) is 4.50. The van der Waals surface area contributed by atoms with Crippen LogP contribution in [0, 0.1) is 17.8 Å². The molecule has 0 spiro atoms. The van der Waals surface area contributed by atoms with Crippen LogP contribution in [-0.4, -0.2) is 41.6 Å². The van der Waals surface area contributed by atoms with Gasteiger partial charge in [-0.1, -0.05) is 6.92 Å². The summed E-state index contributed by atoms with van der Waals surface area (Å²) in [6, 6.07) is 0.0502. The maximum atomic E-state index is 12.0. The number of amides is 2. The van der Waals surface area contributed by atoms with E-state index in [0.717, 1.165) is 44.8 Å². The molecule has 1 saturated carbocycles. The van der Waals surface area contributed by atoms with Crippen molar-refractivity contribution in [3.05, 3.63) is 0 Å². The van der Waals surface area contributed by atoms with Gasteiger partial charge >= 0.3 is 12.0 Å². The third-order valence-electron chi connectivity index (χ3n) is 4.67. The summed E-state index contributed by atoms with van der Waals surface area (Å²) >= 11 is 0. The molecule has 2 fully saturated rings. The van der Waals surface area contributed by atoms with Gasteiger partial charge < -0.3 is 15.3 Å². The Bertz CT molecular complexity index is 347. The summed E-state index contributed by atoms with van der Waals surface area (Å²) in [6.07, 6.45) is 5.47. The molecular formula is C15H26N2O3. The topological polar surface area (TPSA) is 69.6 Å². The third-order valence-corrected chi connectivity index (χ3v) is 4.67. The van der Waals surface area contributed by atoms with Crippen LogP contribution >= 0.6 is 0 Å². The lowest BCUT2D eigenvalue weighted by molar-refractivity contribution is -0.137. The average Bonchev–Trinajstić information content (AvgIpc) is 3.27. The first-order valence-corrected chi connectivity index (χ1v) is 7.81. The van der Waals surface area contributed by atoms with Crippen LogP contribution in [0.2, 0.25) is 0 Å². The minimum atomic E-state index is -0.723. The second-order valence-corrected chi connectivity index (χ2v) is 6.36. The first-order chi connectivity index (χ1) is 9.56. The van der Waals surface area contributed by atoms with Crippen molar-refractivity contribution in [2.75, 3.05) is 19.6 Å². The minimum absolute atomic E-state index is 0.0502. The smallest absolute Gasteiger partial charge is 0.317 e. The molecular weight excluding hydrogens is 256 g/mol. The molecule has 5 heteroatoms. The number of piperidine rings is 1. The van der Waals surface area contributed by atoms with Crippen molar-refractivity contribution in [1.82, 2.24) is 10.2 Å². The van der Waals surface area contributed by atoms with E-state index in [0.29, 0.717) is 11.8 Å². The van der Waals surface area contributed by atoms with E-state index in [1.807, 2.05) is 4.90 Å². The highest BCUT2D eigenvalue weighted by atomic mass is 16.4. The fraction of sp³-hybridized carbons (Fsp3) is 0.867. The summed E-state index contributed by atoms with van der Waals surface area (Å²) < 4.78 is 0. The highest BCUT2D eigenvalue weighted by Gasteiger charge is 2.29. The first kappa shape index (κ1) is 15.1. The Labute approximate surface area is 120 Å². The van der Waals surface area contributed by atoms with Gasteiger partial charge in [0.15, 0.2) is 0 Å². The van der Waals surface area contributed by atoms with E-state index >= 15 is 0 Å². The van der Waals surface area contributed by atoms with Crippen molar-refractivity contribution in [3.63, 3.8) is 0 Å². The Balaban J connectivity index is 1.62. The molecule has 2 amide bonds. The van der Waals surface area contributed by atoms with Crippen LogP contribution in [0.25, 0.3) is 0 Å². The molecule has 2 aliphatic rings. The van der Waals surface area contributed by atoms with E-state index in [-0.39, 0.29) is 12.5 Å². The van der Waals surface area contributed by atoms with E-state index in [9.17, 15) is 9.59 Å². The van der Waals surface area contributed by atoms with E-state index in [1.165, 1.54) is 12.8 Å². The number of urea groups is 1. The van der Waals surface area contributed by atoms with Gasteiger partial charge in [-0.25, -0.2) is 4.79 Å². The Morgan fingerprint density at radius 3 is 2.45 bits per heavy atom. The van der Waals surface area contributed by atoms with Gasteiger partial charge in [0.1, 0.15) is 0 Å². The number of rotatable bonds is 6. The van der Waals surface area contributed by atoms with Gasteiger partial charge in [-0.2, -0.15) is 0 Å². The highest BCUT2D eigenvalue weighted by Crippen LogP contribution is 2.36. The normalized spacial score (nSPS) is 21.6. The van der Waals surface area contributed by atoms with E-state index < -0.39 is 5.97 Å². The van der Waals surface area contributed by atoms with Crippen molar-refractivity contribution in [2.45, 2.75) is 45.4 Å². The van der Waals surface area contributed by atoms with Crippen molar-refractivity contribution < 1.29 is 14.7 Å². The predicted molar refractivity (Wildman–Crippen MR) is 76.5 cm³/mol. The van der Waals surface area contributed by atoms with Gasteiger partial charge in [0.05, 0.1) is 0 Å². The minimum Gasteiger partial charge on any atom is -0.481 e. The van der Waals surface area contributed by atoms with Gasteiger partial charge in [0.2, 0.25) is 0 Å². The zero-order valence-corrected chi connectivity index (χ0v) is 12.3. The fourth-order valence-electron chi connectivity index (χ4n) is 2.94. The number of hydrogen-bond acceptors (Lipinski definition) is 2. The Hall–Kier alpha value is -1.26. The largest absolute Gasteiger partial charge is 0.481 e. The molecule has 1 aliphatic carbocycles. The van der Waals surface area contributed by atoms with Crippen LogP contribution in [-0.2, 0) is 4.79 Å². The molecule has 20 heavy (non-hydrogen) atoms. The van der Waals surface area contributed by atoms with Gasteiger partial charge in [-0.3, -0.25) is 4.79 Å². The van der Waals surface area contributed by atoms with Crippen molar-refractivity contribution in [1.29, 1.82) is 0 Å². The zero-order valence-electron chi connectivity index (χ0n) is 12.3. The standard InChI is InChI=1S/C15H26N2O3/c1-11(13-3-4-13)10-16-15(20)17-8-6-12(7-9-17)2-5-14(18)19/h11-13H,2-10H2,1H3,(H,16,20)(H,18,19). The molecule has 0 radical (unpaired) electrons. The summed E-state index contributed by atoms with van der Waals surface area (Å²) in [5, 5.41) is 11.7. The Morgan fingerprint density at radius 1 is 1.25 bits per heavy atom. The van der Waals surface area contributed by atoms with Crippen molar-refractivity contribution in [3.8, 4) is 0 Å². The summed E-state index contributed by atoms with van der Waals surface area (Å²) in [5.41, 5.74) is 0. The number of hydrogen-bond donors (Lipinski definition) is 2. The number of nitrogens with one attached hydrogen (secondary N) is 1. The summed E-state index contributed by atoms with van der Waals surface area (Å²) in [5.74, 6) is 1.14. The quantitative estimate of drug-likeness (QED) is 0.785. The van der Waals surface area contributed by atoms with Crippen molar-refractivity contribution in [2.24, 2.45) is 17.8 Å². The molecule has 0 bridgehead atoms. The summed E-state index contributed by atoms with van der Waals surface area (Å²) in [7, 11) is 0. The van der Waals surface area contributed by atoms with Gasteiger partial charge in [0.25, 0.3) is 0 Å². The van der Waals surface area contributed by atoms with Crippen LogP contribution in [0.15, 0.2) is 0 Å². The number of carboxylic acids is 1. The first-order valence-electron chi connectivity index (χ1n) is 7.81. The number of carbonyl (C=O) groups excluding carboxylic acids is 1. The van der Waals surface area contributed by atoms with Gasteiger partial charge in [-0.15, -0.1) is 0 Å². The molecule has 2 N–H and O–H groups in total.